The molecular weight excluding hydrogens is 480 g/mol. The van der Waals surface area contributed by atoms with Gasteiger partial charge in [0.1, 0.15) is 10.7 Å². The van der Waals surface area contributed by atoms with Crippen molar-refractivity contribution in [3.63, 3.8) is 0 Å². The Morgan fingerprint density at radius 1 is 0.444 bits per heavy atom. The summed E-state index contributed by atoms with van der Waals surface area (Å²) in [6.07, 6.45) is 0. The SMILES string of the molecule is c1ccc(N=c2c3[nH]c4ccccc4sc3c(=Nc3ccccc3)c3[nH]c4ccccc4sc23)cc1. The van der Waals surface area contributed by atoms with Crippen LogP contribution >= 0.6 is 22.7 Å². The second-order valence-electron chi connectivity index (χ2n) is 8.45. The van der Waals surface area contributed by atoms with Gasteiger partial charge in [-0.05, 0) is 48.5 Å². The van der Waals surface area contributed by atoms with Gasteiger partial charge in [0, 0.05) is 0 Å². The number of benzene rings is 5. The molecule has 0 atom stereocenters. The Labute approximate surface area is 214 Å². The number of aromatic nitrogens is 2. The first-order chi connectivity index (χ1) is 17.8. The zero-order valence-corrected chi connectivity index (χ0v) is 20.7. The molecule has 0 radical (unpaired) electrons. The van der Waals surface area contributed by atoms with Gasteiger partial charge < -0.3 is 9.97 Å². The van der Waals surface area contributed by atoms with Crippen LogP contribution in [0.15, 0.2) is 119 Å². The van der Waals surface area contributed by atoms with E-state index in [1.807, 2.05) is 60.7 Å². The van der Waals surface area contributed by atoms with Crippen LogP contribution in [0.3, 0.4) is 0 Å². The quantitative estimate of drug-likeness (QED) is 0.225. The molecular formula is C30H20N4S2. The molecule has 6 heteroatoms. The van der Waals surface area contributed by atoms with Crippen LogP contribution < -0.4 is 10.7 Å². The van der Waals surface area contributed by atoms with E-state index in [-0.39, 0.29) is 0 Å². The lowest BCUT2D eigenvalue weighted by Crippen LogP contribution is -2.16. The first-order valence-electron chi connectivity index (χ1n) is 11.7. The maximum absolute atomic E-state index is 5.18. The number of hydrogen-bond donors (Lipinski definition) is 2. The van der Waals surface area contributed by atoms with Crippen molar-refractivity contribution < 1.29 is 0 Å². The van der Waals surface area contributed by atoms with Gasteiger partial charge >= 0.3 is 0 Å². The van der Waals surface area contributed by atoms with Crippen LogP contribution in [0, 0.1) is 0 Å². The molecule has 36 heavy (non-hydrogen) atoms. The molecule has 0 saturated heterocycles. The highest BCUT2D eigenvalue weighted by molar-refractivity contribution is 7.25. The monoisotopic (exact) mass is 500 g/mol. The molecule has 7 aromatic rings. The number of rotatable bonds is 2. The maximum atomic E-state index is 5.18. The van der Waals surface area contributed by atoms with Gasteiger partial charge in [0.15, 0.2) is 0 Å². The van der Waals surface area contributed by atoms with Crippen LogP contribution in [0.4, 0.5) is 11.4 Å². The Balaban J connectivity index is 1.77. The Hall–Kier alpha value is -4.26. The van der Waals surface area contributed by atoms with E-state index in [0.29, 0.717) is 0 Å². The van der Waals surface area contributed by atoms with Crippen molar-refractivity contribution >= 4 is 74.9 Å². The van der Waals surface area contributed by atoms with Crippen molar-refractivity contribution in [1.82, 2.24) is 9.97 Å². The zero-order chi connectivity index (χ0) is 23.9. The van der Waals surface area contributed by atoms with E-state index in [1.165, 1.54) is 9.40 Å². The fraction of sp³-hybridized carbons (Fsp3) is 0. The molecule has 0 aliphatic heterocycles. The highest BCUT2D eigenvalue weighted by atomic mass is 32.1. The van der Waals surface area contributed by atoms with Crippen LogP contribution in [-0.2, 0) is 0 Å². The van der Waals surface area contributed by atoms with Gasteiger partial charge in [0.05, 0.1) is 52.2 Å². The van der Waals surface area contributed by atoms with Gasteiger partial charge in [-0.15, -0.1) is 22.7 Å². The third-order valence-corrected chi connectivity index (χ3v) is 8.42. The summed E-state index contributed by atoms with van der Waals surface area (Å²) in [7, 11) is 0. The highest BCUT2D eigenvalue weighted by Crippen LogP contribution is 2.28. The molecule has 4 nitrogen and oxygen atoms in total. The molecule has 172 valence electrons. The van der Waals surface area contributed by atoms with Crippen LogP contribution in [0.5, 0.6) is 0 Å². The zero-order valence-electron chi connectivity index (χ0n) is 19.1. The van der Waals surface area contributed by atoms with Crippen LogP contribution in [0.25, 0.3) is 40.9 Å². The van der Waals surface area contributed by atoms with E-state index in [4.69, 9.17) is 9.98 Å². The van der Waals surface area contributed by atoms with E-state index in [9.17, 15) is 0 Å². The van der Waals surface area contributed by atoms with Crippen molar-refractivity contribution in [2.24, 2.45) is 9.98 Å². The first-order valence-corrected chi connectivity index (χ1v) is 13.3. The lowest BCUT2D eigenvalue weighted by molar-refractivity contribution is 1.33. The molecule has 0 unspecified atom stereocenters. The smallest absolute Gasteiger partial charge is 0.108 e. The van der Waals surface area contributed by atoms with Crippen LogP contribution in [0.1, 0.15) is 0 Å². The Kier molecular flexibility index (Phi) is 5.12. The number of H-pyrrole nitrogens is 2. The fourth-order valence-electron chi connectivity index (χ4n) is 4.39. The van der Waals surface area contributed by atoms with Gasteiger partial charge in [-0.3, -0.25) is 0 Å². The molecule has 2 N–H and O–H groups in total. The van der Waals surface area contributed by atoms with E-state index < -0.39 is 0 Å². The van der Waals surface area contributed by atoms with Crippen LogP contribution in [0.2, 0.25) is 0 Å². The van der Waals surface area contributed by atoms with E-state index in [0.717, 1.165) is 53.6 Å². The number of fused-ring (bicyclic) bond motifs is 4. The van der Waals surface area contributed by atoms with Crippen molar-refractivity contribution in [3.05, 3.63) is 120 Å². The largest absolute Gasteiger partial charge is 0.351 e. The number of hydrogen-bond acceptors (Lipinski definition) is 4. The van der Waals surface area contributed by atoms with Gasteiger partial charge in [0.2, 0.25) is 0 Å². The Morgan fingerprint density at radius 3 is 1.28 bits per heavy atom. The second-order valence-corrected chi connectivity index (χ2v) is 10.6. The molecule has 2 aromatic heterocycles. The van der Waals surface area contributed by atoms with Crippen molar-refractivity contribution in [2.45, 2.75) is 0 Å². The lowest BCUT2D eigenvalue weighted by Gasteiger charge is -2.10. The van der Waals surface area contributed by atoms with E-state index >= 15 is 0 Å². The molecule has 0 amide bonds. The number of aromatic amines is 2. The normalized spacial score (nSPS) is 12.8. The molecule has 0 aliphatic carbocycles. The third kappa shape index (κ3) is 3.68. The predicted octanol–water partition coefficient (Wildman–Crippen LogP) is 8.11. The van der Waals surface area contributed by atoms with E-state index in [2.05, 4.69) is 58.5 Å². The molecule has 0 aliphatic rings. The standard InChI is InChI=1S/C30H20N4S2/c1-3-11-19(12-4-1)31-25-27-30(36-24-18-10-7-15-21(24)33-27)26(32-20-13-5-2-6-14-20)28-29(25)35-23-17-9-8-16-22(23)34-28/h1-18,33-34H. The minimum Gasteiger partial charge on any atom is -0.351 e. The minimum absolute atomic E-state index is 0.916. The maximum Gasteiger partial charge on any atom is 0.108 e. The highest BCUT2D eigenvalue weighted by Gasteiger charge is 2.14. The molecule has 7 rings (SSSR count). The fourth-order valence-corrected chi connectivity index (χ4v) is 6.57. The third-order valence-electron chi connectivity index (χ3n) is 6.07. The number of nitrogens with zero attached hydrogens (tertiary/aromatic N) is 2. The lowest BCUT2D eigenvalue weighted by atomic mass is 10.2. The predicted molar refractivity (Wildman–Crippen MR) is 153 cm³/mol. The summed E-state index contributed by atoms with van der Waals surface area (Å²) in [5.74, 6) is 0. The summed E-state index contributed by atoms with van der Waals surface area (Å²) in [6, 6.07) is 37.1. The summed E-state index contributed by atoms with van der Waals surface area (Å²) >= 11 is 3.48. The van der Waals surface area contributed by atoms with Crippen molar-refractivity contribution in [3.8, 4) is 0 Å². The van der Waals surface area contributed by atoms with E-state index in [1.54, 1.807) is 22.7 Å². The molecule has 0 saturated carbocycles. The minimum atomic E-state index is 0.916. The summed E-state index contributed by atoms with van der Waals surface area (Å²) < 4.78 is 4.48. The summed E-state index contributed by atoms with van der Waals surface area (Å²) in [5.41, 5.74) is 5.98. The number of para-hydroxylation sites is 4. The first kappa shape index (κ1) is 21.1. The molecule has 0 fully saturated rings. The van der Waals surface area contributed by atoms with Gasteiger partial charge in [-0.25, -0.2) is 9.98 Å². The topological polar surface area (TPSA) is 56.3 Å². The van der Waals surface area contributed by atoms with Gasteiger partial charge in [-0.2, -0.15) is 0 Å². The average Bonchev–Trinajstić information content (AvgIpc) is 2.94. The van der Waals surface area contributed by atoms with Gasteiger partial charge in [0.25, 0.3) is 0 Å². The Morgan fingerprint density at radius 2 is 0.833 bits per heavy atom. The van der Waals surface area contributed by atoms with Gasteiger partial charge in [-0.1, -0.05) is 60.7 Å². The summed E-state index contributed by atoms with van der Waals surface area (Å²) in [6.45, 7) is 0. The Bertz CT molecular complexity index is 1790. The molecule has 2 heterocycles. The van der Waals surface area contributed by atoms with Crippen LogP contribution in [-0.4, -0.2) is 9.97 Å². The summed E-state index contributed by atoms with van der Waals surface area (Å²) in [5, 5.41) is 1.85. The average molecular weight is 501 g/mol. The summed E-state index contributed by atoms with van der Waals surface area (Å²) in [4.78, 5) is 17.8. The molecule has 0 spiro atoms. The van der Waals surface area contributed by atoms with Crippen molar-refractivity contribution in [1.29, 1.82) is 0 Å². The van der Waals surface area contributed by atoms with Crippen molar-refractivity contribution in [2.75, 3.05) is 0 Å². The molecule has 0 bridgehead atoms. The second kappa shape index (κ2) is 8.75. The number of nitrogens with one attached hydrogen (secondary N) is 2. The molecule has 5 aromatic carbocycles.